The van der Waals surface area contributed by atoms with Crippen LogP contribution in [0.25, 0.3) is 5.65 Å². The number of pyridine rings is 1. The molecule has 26 heavy (non-hydrogen) atoms. The topological polar surface area (TPSA) is 75.9 Å². The fourth-order valence-electron chi connectivity index (χ4n) is 2.96. The molecule has 132 valence electrons. The van der Waals surface area contributed by atoms with Crippen molar-refractivity contribution in [3.63, 3.8) is 0 Å². The Morgan fingerprint density at radius 3 is 2.92 bits per heavy atom. The molecule has 0 atom stereocenters. The molecule has 0 unspecified atom stereocenters. The van der Waals surface area contributed by atoms with Crippen LogP contribution in [-0.4, -0.2) is 34.9 Å². The lowest BCUT2D eigenvalue weighted by Crippen LogP contribution is -2.35. The van der Waals surface area contributed by atoms with Gasteiger partial charge in [0.25, 0.3) is 11.8 Å². The molecule has 0 saturated heterocycles. The normalized spacial score (nSPS) is 13.5. The molecule has 7 nitrogen and oxygen atoms in total. The van der Waals surface area contributed by atoms with Crippen LogP contribution in [0.2, 0.25) is 5.02 Å². The molecule has 1 aromatic carbocycles. The van der Waals surface area contributed by atoms with Crippen LogP contribution in [0.1, 0.15) is 16.2 Å². The Morgan fingerprint density at radius 2 is 2.12 bits per heavy atom. The summed E-state index contributed by atoms with van der Waals surface area (Å²) in [6, 6.07) is 8.57. The predicted molar refractivity (Wildman–Crippen MR) is 98.2 cm³/mol. The standard InChI is InChI=1S/C18H15ClN4O3/c1-10-17(23-6-5-11(19)7-15(23)20-10)18(25)21-12-3-4-13-14(8-12)26-9-16(24)22(13)2/h3-8H,9H2,1-2H3,(H,21,25). The highest BCUT2D eigenvalue weighted by Gasteiger charge is 2.23. The number of anilines is 2. The largest absolute Gasteiger partial charge is 0.481 e. The van der Waals surface area contributed by atoms with Crippen molar-refractivity contribution >= 4 is 40.4 Å². The number of rotatable bonds is 2. The fourth-order valence-corrected chi connectivity index (χ4v) is 3.11. The first-order valence-corrected chi connectivity index (χ1v) is 8.31. The maximum Gasteiger partial charge on any atom is 0.274 e. The molecule has 0 radical (unpaired) electrons. The van der Waals surface area contributed by atoms with E-state index in [0.29, 0.717) is 39.2 Å². The number of aromatic nitrogens is 2. The maximum absolute atomic E-state index is 12.8. The Balaban J connectivity index is 1.65. The zero-order valence-electron chi connectivity index (χ0n) is 14.1. The second-order valence-electron chi connectivity index (χ2n) is 6.00. The molecule has 1 N–H and O–H groups in total. The number of ether oxygens (including phenoxy) is 1. The van der Waals surface area contributed by atoms with Crippen LogP contribution in [0, 0.1) is 6.92 Å². The number of benzene rings is 1. The average Bonchev–Trinajstić information content (AvgIpc) is 2.93. The molecule has 3 aromatic rings. The molecule has 4 rings (SSSR count). The SMILES string of the molecule is Cc1nc2cc(Cl)ccn2c1C(=O)Nc1ccc2c(c1)OCC(=O)N2C. The molecular formula is C18H15ClN4O3. The van der Waals surface area contributed by atoms with Crippen LogP contribution in [0.3, 0.4) is 0 Å². The number of likely N-dealkylation sites (N-methyl/N-ethyl adjacent to an activating group) is 1. The van der Waals surface area contributed by atoms with Gasteiger partial charge in [-0.1, -0.05) is 11.6 Å². The van der Waals surface area contributed by atoms with Gasteiger partial charge in [0.05, 0.1) is 11.4 Å². The predicted octanol–water partition coefficient (Wildman–Crippen LogP) is 2.90. The van der Waals surface area contributed by atoms with Gasteiger partial charge in [-0.05, 0) is 25.1 Å². The Hall–Kier alpha value is -3.06. The third-order valence-corrected chi connectivity index (χ3v) is 4.52. The van der Waals surface area contributed by atoms with Crippen molar-refractivity contribution in [3.8, 4) is 5.75 Å². The molecular weight excluding hydrogens is 356 g/mol. The molecule has 0 saturated carbocycles. The van der Waals surface area contributed by atoms with Crippen molar-refractivity contribution in [2.75, 3.05) is 23.9 Å². The van der Waals surface area contributed by atoms with Gasteiger partial charge < -0.3 is 15.0 Å². The monoisotopic (exact) mass is 370 g/mol. The maximum atomic E-state index is 12.8. The summed E-state index contributed by atoms with van der Waals surface area (Å²) in [4.78, 5) is 30.3. The molecule has 2 aromatic heterocycles. The Morgan fingerprint density at radius 1 is 1.31 bits per heavy atom. The summed E-state index contributed by atoms with van der Waals surface area (Å²) >= 11 is 5.98. The number of carbonyl (C=O) groups is 2. The van der Waals surface area contributed by atoms with E-state index in [1.165, 1.54) is 4.90 Å². The Bertz CT molecular complexity index is 1060. The van der Waals surface area contributed by atoms with Gasteiger partial charge in [-0.15, -0.1) is 0 Å². The summed E-state index contributed by atoms with van der Waals surface area (Å²) in [6.45, 7) is 1.75. The van der Waals surface area contributed by atoms with E-state index in [1.54, 1.807) is 54.9 Å². The zero-order chi connectivity index (χ0) is 18.4. The van der Waals surface area contributed by atoms with Gasteiger partial charge in [0.2, 0.25) is 0 Å². The summed E-state index contributed by atoms with van der Waals surface area (Å²) in [6.07, 6.45) is 1.71. The zero-order valence-corrected chi connectivity index (χ0v) is 14.9. The van der Waals surface area contributed by atoms with Gasteiger partial charge in [0, 0.05) is 36.1 Å². The second kappa shape index (κ2) is 6.03. The van der Waals surface area contributed by atoms with E-state index in [1.807, 2.05) is 0 Å². The van der Waals surface area contributed by atoms with Crippen molar-refractivity contribution in [2.24, 2.45) is 0 Å². The second-order valence-corrected chi connectivity index (χ2v) is 6.43. The van der Waals surface area contributed by atoms with Crippen LogP contribution in [0.5, 0.6) is 5.75 Å². The highest BCUT2D eigenvalue weighted by atomic mass is 35.5. The number of nitrogens with zero attached hydrogens (tertiary/aromatic N) is 3. The number of imidazole rings is 1. The number of aryl methyl sites for hydroxylation is 1. The lowest BCUT2D eigenvalue weighted by Gasteiger charge is -2.26. The summed E-state index contributed by atoms with van der Waals surface area (Å²) < 4.78 is 7.14. The number of fused-ring (bicyclic) bond motifs is 2. The van der Waals surface area contributed by atoms with Gasteiger partial charge in [-0.2, -0.15) is 0 Å². The van der Waals surface area contributed by atoms with Gasteiger partial charge in [-0.3, -0.25) is 14.0 Å². The Labute approximate surface area is 154 Å². The minimum Gasteiger partial charge on any atom is -0.481 e. The van der Waals surface area contributed by atoms with Gasteiger partial charge in [-0.25, -0.2) is 4.98 Å². The van der Waals surface area contributed by atoms with Gasteiger partial charge >= 0.3 is 0 Å². The third-order valence-electron chi connectivity index (χ3n) is 4.28. The van der Waals surface area contributed by atoms with Crippen LogP contribution in [-0.2, 0) is 4.79 Å². The molecule has 1 aliphatic heterocycles. The van der Waals surface area contributed by atoms with E-state index in [2.05, 4.69) is 10.3 Å². The van der Waals surface area contributed by atoms with E-state index in [0.717, 1.165) is 0 Å². The molecule has 0 aliphatic carbocycles. The van der Waals surface area contributed by atoms with Crippen molar-refractivity contribution in [2.45, 2.75) is 6.92 Å². The van der Waals surface area contributed by atoms with E-state index in [9.17, 15) is 9.59 Å². The first kappa shape index (κ1) is 16.4. The number of hydrogen-bond acceptors (Lipinski definition) is 4. The average molecular weight is 371 g/mol. The lowest BCUT2D eigenvalue weighted by atomic mass is 10.2. The third kappa shape index (κ3) is 2.66. The molecule has 0 fully saturated rings. The summed E-state index contributed by atoms with van der Waals surface area (Å²) in [5.74, 6) is 0.137. The fraction of sp³-hybridized carbons (Fsp3) is 0.167. The first-order valence-electron chi connectivity index (χ1n) is 7.93. The summed E-state index contributed by atoms with van der Waals surface area (Å²) in [7, 11) is 1.69. The van der Waals surface area contributed by atoms with Crippen LogP contribution in [0.4, 0.5) is 11.4 Å². The quantitative estimate of drug-likeness (QED) is 0.752. The highest BCUT2D eigenvalue weighted by Crippen LogP contribution is 2.33. The minimum absolute atomic E-state index is 0.0198. The number of hydrogen-bond donors (Lipinski definition) is 1. The summed E-state index contributed by atoms with van der Waals surface area (Å²) in [5, 5.41) is 3.41. The van der Waals surface area contributed by atoms with Crippen molar-refractivity contribution < 1.29 is 14.3 Å². The summed E-state index contributed by atoms with van der Waals surface area (Å²) in [5.41, 5.74) is 2.88. The number of halogens is 1. The van der Waals surface area contributed by atoms with Gasteiger partial charge in [0.1, 0.15) is 17.1 Å². The van der Waals surface area contributed by atoms with Crippen LogP contribution >= 0.6 is 11.6 Å². The van der Waals surface area contributed by atoms with E-state index >= 15 is 0 Å². The molecule has 0 bridgehead atoms. The van der Waals surface area contributed by atoms with Crippen molar-refractivity contribution in [3.05, 3.63) is 52.9 Å². The number of carbonyl (C=O) groups excluding carboxylic acids is 2. The van der Waals surface area contributed by atoms with Crippen molar-refractivity contribution in [1.82, 2.24) is 9.38 Å². The van der Waals surface area contributed by atoms with E-state index in [4.69, 9.17) is 16.3 Å². The molecule has 2 amide bonds. The molecule has 1 aliphatic rings. The number of nitrogens with one attached hydrogen (secondary N) is 1. The van der Waals surface area contributed by atoms with Crippen LogP contribution < -0.4 is 15.0 Å². The lowest BCUT2D eigenvalue weighted by molar-refractivity contribution is -0.120. The first-order chi connectivity index (χ1) is 12.4. The highest BCUT2D eigenvalue weighted by molar-refractivity contribution is 6.30. The van der Waals surface area contributed by atoms with Crippen LogP contribution in [0.15, 0.2) is 36.5 Å². The van der Waals surface area contributed by atoms with E-state index in [-0.39, 0.29) is 18.4 Å². The smallest absolute Gasteiger partial charge is 0.274 e. The van der Waals surface area contributed by atoms with Crippen molar-refractivity contribution in [1.29, 1.82) is 0 Å². The van der Waals surface area contributed by atoms with Gasteiger partial charge in [0.15, 0.2) is 6.61 Å². The molecule has 0 spiro atoms. The Kier molecular flexibility index (Phi) is 3.81. The molecule has 3 heterocycles. The van der Waals surface area contributed by atoms with E-state index < -0.39 is 0 Å². The molecule has 8 heteroatoms. The minimum atomic E-state index is -0.294. The number of amides is 2.